The van der Waals surface area contributed by atoms with E-state index in [0.717, 1.165) is 43.3 Å². The van der Waals surface area contributed by atoms with Gasteiger partial charge in [-0.25, -0.2) is 0 Å². The molecule has 126 valence electrons. The first-order valence-electron chi connectivity index (χ1n) is 7.65. The SMILES string of the molecule is Cl.Cl.O=C(NCCc1cccc2cccnc12)C1CCNCC1. The Balaban J connectivity index is 0.00000132. The Labute approximate surface area is 149 Å². The van der Waals surface area contributed by atoms with E-state index < -0.39 is 0 Å². The summed E-state index contributed by atoms with van der Waals surface area (Å²) in [5.74, 6) is 0.376. The van der Waals surface area contributed by atoms with E-state index in [1.807, 2.05) is 18.3 Å². The monoisotopic (exact) mass is 355 g/mol. The summed E-state index contributed by atoms with van der Waals surface area (Å²) in [7, 11) is 0. The molecule has 2 heterocycles. The predicted octanol–water partition coefficient (Wildman–Crippen LogP) is 2.74. The van der Waals surface area contributed by atoms with Crippen molar-refractivity contribution >= 4 is 41.6 Å². The summed E-state index contributed by atoms with van der Waals surface area (Å²) in [4.78, 5) is 16.5. The molecule has 1 aromatic heterocycles. The van der Waals surface area contributed by atoms with E-state index >= 15 is 0 Å². The molecule has 0 spiro atoms. The maximum atomic E-state index is 12.1. The van der Waals surface area contributed by atoms with E-state index in [1.54, 1.807) is 0 Å². The largest absolute Gasteiger partial charge is 0.356 e. The number of hydrogen-bond donors (Lipinski definition) is 2. The van der Waals surface area contributed by atoms with Crippen LogP contribution in [0.15, 0.2) is 36.5 Å². The van der Waals surface area contributed by atoms with Gasteiger partial charge in [-0.15, -0.1) is 24.8 Å². The molecule has 6 heteroatoms. The minimum absolute atomic E-state index is 0. The lowest BCUT2D eigenvalue weighted by Crippen LogP contribution is -2.38. The van der Waals surface area contributed by atoms with Gasteiger partial charge in [0.25, 0.3) is 0 Å². The van der Waals surface area contributed by atoms with Crippen LogP contribution in [0.2, 0.25) is 0 Å². The van der Waals surface area contributed by atoms with Crippen molar-refractivity contribution in [1.82, 2.24) is 15.6 Å². The fourth-order valence-electron chi connectivity index (χ4n) is 2.92. The van der Waals surface area contributed by atoms with Crippen molar-refractivity contribution < 1.29 is 4.79 Å². The second-order valence-corrected chi connectivity index (χ2v) is 5.56. The molecular formula is C17H23Cl2N3O. The van der Waals surface area contributed by atoms with Gasteiger partial charge in [0.2, 0.25) is 5.91 Å². The maximum Gasteiger partial charge on any atom is 0.223 e. The third-order valence-electron chi connectivity index (χ3n) is 4.12. The Morgan fingerprint density at radius 3 is 2.70 bits per heavy atom. The molecule has 2 aromatic rings. The zero-order chi connectivity index (χ0) is 14.5. The highest BCUT2D eigenvalue weighted by molar-refractivity contribution is 5.85. The van der Waals surface area contributed by atoms with Crippen molar-refractivity contribution in [3.63, 3.8) is 0 Å². The number of benzene rings is 1. The number of aromatic nitrogens is 1. The van der Waals surface area contributed by atoms with Crippen molar-refractivity contribution in [3.05, 3.63) is 42.1 Å². The van der Waals surface area contributed by atoms with Gasteiger partial charge >= 0.3 is 0 Å². The van der Waals surface area contributed by atoms with Gasteiger partial charge in [-0.2, -0.15) is 0 Å². The number of halogens is 2. The van der Waals surface area contributed by atoms with Crippen molar-refractivity contribution in [3.8, 4) is 0 Å². The second kappa shape index (κ2) is 9.71. The standard InChI is InChI=1S/C17H21N3O.2ClH/c21-17(15-6-10-18-11-7-15)20-12-8-14-4-1-3-13-5-2-9-19-16(13)14;;/h1-5,9,15,18H,6-8,10-12H2,(H,20,21);2*1H. The van der Waals surface area contributed by atoms with Crippen LogP contribution < -0.4 is 10.6 Å². The first-order valence-corrected chi connectivity index (χ1v) is 7.65. The third-order valence-corrected chi connectivity index (χ3v) is 4.12. The van der Waals surface area contributed by atoms with Crippen molar-refractivity contribution in [1.29, 1.82) is 0 Å². The quantitative estimate of drug-likeness (QED) is 0.886. The van der Waals surface area contributed by atoms with Gasteiger partial charge < -0.3 is 10.6 Å². The number of rotatable bonds is 4. The minimum atomic E-state index is 0. The highest BCUT2D eigenvalue weighted by atomic mass is 35.5. The van der Waals surface area contributed by atoms with E-state index in [0.29, 0.717) is 6.54 Å². The number of amides is 1. The van der Waals surface area contributed by atoms with Gasteiger partial charge in [0.1, 0.15) is 0 Å². The predicted molar refractivity (Wildman–Crippen MR) is 98.5 cm³/mol. The van der Waals surface area contributed by atoms with Gasteiger partial charge in [-0.3, -0.25) is 9.78 Å². The normalized spacial score (nSPS) is 14.6. The number of pyridine rings is 1. The molecule has 1 fully saturated rings. The average molecular weight is 356 g/mol. The van der Waals surface area contributed by atoms with E-state index in [4.69, 9.17) is 0 Å². The molecule has 0 atom stereocenters. The molecule has 3 rings (SSSR count). The first kappa shape index (κ1) is 19.7. The molecule has 0 saturated carbocycles. The molecule has 1 aliphatic rings. The van der Waals surface area contributed by atoms with Gasteiger partial charge in [-0.1, -0.05) is 24.3 Å². The van der Waals surface area contributed by atoms with Crippen LogP contribution in [0.5, 0.6) is 0 Å². The molecule has 2 N–H and O–H groups in total. The van der Waals surface area contributed by atoms with Crippen LogP contribution in [0.25, 0.3) is 10.9 Å². The van der Waals surface area contributed by atoms with Crippen LogP contribution in [0.4, 0.5) is 0 Å². The van der Waals surface area contributed by atoms with Crippen LogP contribution in [-0.2, 0) is 11.2 Å². The molecule has 0 bridgehead atoms. The summed E-state index contributed by atoms with van der Waals surface area (Å²) in [5.41, 5.74) is 2.23. The first-order chi connectivity index (χ1) is 10.3. The van der Waals surface area contributed by atoms with Crippen molar-refractivity contribution in [2.75, 3.05) is 19.6 Å². The molecule has 0 aliphatic carbocycles. The summed E-state index contributed by atoms with van der Waals surface area (Å²) in [6.07, 6.45) is 4.54. The number of carbonyl (C=O) groups is 1. The Morgan fingerprint density at radius 1 is 1.17 bits per heavy atom. The Hall–Kier alpha value is -1.36. The van der Waals surface area contributed by atoms with Crippen LogP contribution in [0, 0.1) is 5.92 Å². The number of fused-ring (bicyclic) bond motifs is 1. The molecule has 1 amide bonds. The van der Waals surface area contributed by atoms with Crippen molar-refractivity contribution in [2.45, 2.75) is 19.3 Å². The fourth-order valence-corrected chi connectivity index (χ4v) is 2.92. The lowest BCUT2D eigenvalue weighted by molar-refractivity contribution is -0.125. The molecule has 1 aliphatic heterocycles. The number of nitrogens with one attached hydrogen (secondary N) is 2. The van der Waals surface area contributed by atoms with Crippen molar-refractivity contribution in [2.24, 2.45) is 5.92 Å². The summed E-state index contributed by atoms with van der Waals surface area (Å²) >= 11 is 0. The maximum absolute atomic E-state index is 12.1. The van der Waals surface area contributed by atoms with E-state index in [9.17, 15) is 4.79 Å². The topological polar surface area (TPSA) is 54.0 Å². The number of nitrogens with zero attached hydrogens (tertiary/aromatic N) is 1. The van der Waals surface area contributed by atoms with Crippen LogP contribution in [0.1, 0.15) is 18.4 Å². The smallest absolute Gasteiger partial charge is 0.223 e. The average Bonchev–Trinajstić information content (AvgIpc) is 2.56. The highest BCUT2D eigenvalue weighted by Crippen LogP contribution is 2.16. The van der Waals surface area contributed by atoms with E-state index in [2.05, 4.69) is 33.8 Å². The number of para-hydroxylation sites is 1. The Bertz CT molecular complexity index is 625. The van der Waals surface area contributed by atoms with E-state index in [1.165, 1.54) is 5.56 Å². The Morgan fingerprint density at radius 2 is 1.91 bits per heavy atom. The number of hydrogen-bond acceptors (Lipinski definition) is 3. The fraction of sp³-hybridized carbons (Fsp3) is 0.412. The molecule has 1 aromatic carbocycles. The molecule has 0 unspecified atom stereocenters. The molecule has 4 nitrogen and oxygen atoms in total. The summed E-state index contributed by atoms with van der Waals surface area (Å²) in [6.45, 7) is 2.58. The zero-order valence-corrected chi connectivity index (χ0v) is 14.6. The molecular weight excluding hydrogens is 333 g/mol. The zero-order valence-electron chi connectivity index (χ0n) is 13.0. The van der Waals surface area contributed by atoms with Gasteiger partial charge in [0, 0.05) is 24.0 Å². The minimum Gasteiger partial charge on any atom is -0.356 e. The lowest BCUT2D eigenvalue weighted by Gasteiger charge is -2.21. The molecule has 0 radical (unpaired) electrons. The summed E-state index contributed by atoms with van der Waals surface area (Å²) < 4.78 is 0. The Kier molecular flexibility index (Phi) is 8.31. The van der Waals surface area contributed by atoms with Gasteiger partial charge in [-0.05, 0) is 44.0 Å². The van der Waals surface area contributed by atoms with Crippen LogP contribution in [0.3, 0.4) is 0 Å². The van der Waals surface area contributed by atoms with E-state index in [-0.39, 0.29) is 36.6 Å². The highest BCUT2D eigenvalue weighted by Gasteiger charge is 2.20. The number of piperidine rings is 1. The van der Waals surface area contributed by atoms with Gasteiger partial charge in [0.05, 0.1) is 5.52 Å². The lowest BCUT2D eigenvalue weighted by atomic mass is 9.97. The van der Waals surface area contributed by atoms with Crippen LogP contribution >= 0.6 is 24.8 Å². The number of carbonyl (C=O) groups excluding carboxylic acids is 1. The third kappa shape index (κ3) is 5.06. The molecule has 23 heavy (non-hydrogen) atoms. The molecule has 1 saturated heterocycles. The van der Waals surface area contributed by atoms with Gasteiger partial charge in [0.15, 0.2) is 0 Å². The second-order valence-electron chi connectivity index (χ2n) is 5.56. The summed E-state index contributed by atoms with van der Waals surface area (Å²) in [6, 6.07) is 10.2. The van der Waals surface area contributed by atoms with Crippen LogP contribution in [-0.4, -0.2) is 30.5 Å². The summed E-state index contributed by atoms with van der Waals surface area (Å²) in [5, 5.41) is 7.51.